The van der Waals surface area contributed by atoms with Crippen LogP contribution in [-0.2, 0) is 5.75 Å². The molecule has 0 fully saturated rings. The van der Waals surface area contributed by atoms with E-state index in [1.165, 1.54) is 11.1 Å². The van der Waals surface area contributed by atoms with Crippen molar-refractivity contribution in [1.29, 1.82) is 0 Å². The molecule has 0 unspecified atom stereocenters. The van der Waals surface area contributed by atoms with Crippen molar-refractivity contribution in [3.63, 3.8) is 0 Å². The van der Waals surface area contributed by atoms with E-state index in [4.69, 9.17) is 4.74 Å². The zero-order chi connectivity index (χ0) is 21.9. The van der Waals surface area contributed by atoms with E-state index >= 15 is 0 Å². The predicted molar refractivity (Wildman–Crippen MR) is 131 cm³/mol. The maximum Gasteiger partial charge on any atom is 0.251 e. The highest BCUT2D eigenvalue weighted by Gasteiger charge is 2.09. The minimum atomic E-state index is -0.0337. The summed E-state index contributed by atoms with van der Waals surface area (Å²) in [5, 5.41) is 2.99. The Labute approximate surface area is 189 Å². The first-order valence-corrected chi connectivity index (χ1v) is 11.7. The number of para-hydroxylation sites is 1. The van der Waals surface area contributed by atoms with Gasteiger partial charge < -0.3 is 15.0 Å². The van der Waals surface area contributed by atoms with E-state index in [-0.39, 0.29) is 5.91 Å². The Hall–Kier alpha value is -2.76. The minimum absolute atomic E-state index is 0.0337. The molecule has 0 saturated carbocycles. The highest BCUT2D eigenvalue weighted by Crippen LogP contribution is 2.27. The molecule has 0 aromatic heterocycles. The Balaban J connectivity index is 1.58. The molecular formula is C26H30N2O2S. The number of amides is 1. The highest BCUT2D eigenvalue weighted by atomic mass is 32.2. The quantitative estimate of drug-likeness (QED) is 0.433. The van der Waals surface area contributed by atoms with E-state index in [1.54, 1.807) is 0 Å². The lowest BCUT2D eigenvalue weighted by molar-refractivity contribution is 0.0951. The fourth-order valence-electron chi connectivity index (χ4n) is 3.17. The smallest absolute Gasteiger partial charge is 0.251 e. The van der Waals surface area contributed by atoms with Crippen LogP contribution < -0.4 is 10.1 Å². The summed E-state index contributed by atoms with van der Waals surface area (Å²) in [5.74, 6) is 2.68. The van der Waals surface area contributed by atoms with E-state index in [2.05, 4.69) is 34.5 Å². The molecule has 0 radical (unpaired) electrons. The number of hydrogen-bond acceptors (Lipinski definition) is 4. The number of ether oxygens (including phenoxy) is 1. The summed E-state index contributed by atoms with van der Waals surface area (Å²) in [6.07, 6.45) is 0. The normalized spacial score (nSPS) is 10.8. The van der Waals surface area contributed by atoms with Crippen LogP contribution >= 0.6 is 11.8 Å². The first-order chi connectivity index (χ1) is 15.1. The van der Waals surface area contributed by atoms with E-state index in [0.29, 0.717) is 18.7 Å². The molecule has 31 heavy (non-hydrogen) atoms. The summed E-state index contributed by atoms with van der Waals surface area (Å²) >= 11 is 1.85. The summed E-state index contributed by atoms with van der Waals surface area (Å²) in [6, 6.07) is 26.2. The van der Waals surface area contributed by atoms with Gasteiger partial charge in [-0.1, -0.05) is 54.6 Å². The first kappa shape index (κ1) is 22.9. The number of carbonyl (C=O) groups excluding carboxylic acids is 1. The van der Waals surface area contributed by atoms with E-state index in [9.17, 15) is 4.79 Å². The average Bonchev–Trinajstić information content (AvgIpc) is 2.79. The van der Waals surface area contributed by atoms with Crippen molar-refractivity contribution in [2.75, 3.05) is 39.5 Å². The lowest BCUT2D eigenvalue weighted by Gasteiger charge is -2.13. The number of likely N-dealkylation sites (N-methyl/N-ethyl adjacent to an activating group) is 1. The van der Waals surface area contributed by atoms with E-state index < -0.39 is 0 Å². The SMILES string of the molecule is CN(C)CCNC(=O)c1cccc(-c2ccccc2CSCCOc2ccccc2)c1. The summed E-state index contributed by atoms with van der Waals surface area (Å²) < 4.78 is 5.78. The van der Waals surface area contributed by atoms with E-state index in [0.717, 1.165) is 29.4 Å². The molecule has 0 bridgehead atoms. The number of nitrogens with zero attached hydrogens (tertiary/aromatic N) is 1. The van der Waals surface area contributed by atoms with Gasteiger partial charge in [-0.25, -0.2) is 0 Å². The molecule has 0 aliphatic carbocycles. The second-order valence-electron chi connectivity index (χ2n) is 7.51. The van der Waals surface area contributed by atoms with Crippen molar-refractivity contribution in [3.8, 4) is 16.9 Å². The largest absolute Gasteiger partial charge is 0.493 e. The fraction of sp³-hybridized carbons (Fsp3) is 0.269. The van der Waals surface area contributed by atoms with Gasteiger partial charge in [0.1, 0.15) is 5.75 Å². The molecule has 0 spiro atoms. The molecule has 3 aromatic rings. The van der Waals surface area contributed by atoms with Gasteiger partial charge in [-0.05, 0) is 55.1 Å². The molecule has 5 heteroatoms. The lowest BCUT2D eigenvalue weighted by Crippen LogP contribution is -2.31. The summed E-state index contributed by atoms with van der Waals surface area (Å²) in [4.78, 5) is 14.6. The maximum absolute atomic E-state index is 12.5. The zero-order valence-electron chi connectivity index (χ0n) is 18.2. The van der Waals surface area contributed by atoms with Crippen molar-refractivity contribution in [1.82, 2.24) is 10.2 Å². The lowest BCUT2D eigenvalue weighted by atomic mass is 9.99. The third-order valence-electron chi connectivity index (χ3n) is 4.79. The topological polar surface area (TPSA) is 41.6 Å². The van der Waals surface area contributed by atoms with Crippen molar-refractivity contribution < 1.29 is 9.53 Å². The van der Waals surface area contributed by atoms with Crippen LogP contribution in [0, 0.1) is 0 Å². The summed E-state index contributed by atoms with van der Waals surface area (Å²) in [7, 11) is 3.99. The molecule has 0 aliphatic heterocycles. The Morgan fingerprint density at radius 3 is 2.55 bits per heavy atom. The molecule has 3 rings (SSSR count). The van der Waals surface area contributed by atoms with Gasteiger partial charge in [0, 0.05) is 30.2 Å². The first-order valence-electron chi connectivity index (χ1n) is 10.5. The van der Waals surface area contributed by atoms with Gasteiger partial charge in [0.05, 0.1) is 6.61 Å². The van der Waals surface area contributed by atoms with Crippen LogP contribution in [0.2, 0.25) is 0 Å². The van der Waals surface area contributed by atoms with Gasteiger partial charge in [0.2, 0.25) is 0 Å². The summed E-state index contributed by atoms with van der Waals surface area (Å²) in [6.45, 7) is 2.13. The van der Waals surface area contributed by atoms with Crippen LogP contribution in [0.5, 0.6) is 5.75 Å². The minimum Gasteiger partial charge on any atom is -0.493 e. The van der Waals surface area contributed by atoms with Gasteiger partial charge in [0.25, 0.3) is 5.91 Å². The number of rotatable bonds is 11. The van der Waals surface area contributed by atoms with Crippen LogP contribution in [0.25, 0.3) is 11.1 Å². The third-order valence-corrected chi connectivity index (χ3v) is 5.77. The molecule has 0 atom stereocenters. The van der Waals surface area contributed by atoms with Crippen LogP contribution in [0.15, 0.2) is 78.9 Å². The number of nitrogens with one attached hydrogen (secondary N) is 1. The molecule has 1 N–H and O–H groups in total. The van der Waals surface area contributed by atoms with Crippen molar-refractivity contribution in [2.45, 2.75) is 5.75 Å². The fourth-order valence-corrected chi connectivity index (χ4v) is 3.99. The van der Waals surface area contributed by atoms with Crippen molar-refractivity contribution >= 4 is 17.7 Å². The average molecular weight is 435 g/mol. The van der Waals surface area contributed by atoms with Crippen LogP contribution in [0.4, 0.5) is 0 Å². The Morgan fingerprint density at radius 2 is 1.74 bits per heavy atom. The van der Waals surface area contributed by atoms with Gasteiger partial charge in [-0.3, -0.25) is 4.79 Å². The number of hydrogen-bond donors (Lipinski definition) is 1. The zero-order valence-corrected chi connectivity index (χ0v) is 19.0. The second-order valence-corrected chi connectivity index (χ2v) is 8.62. The van der Waals surface area contributed by atoms with Crippen molar-refractivity contribution in [2.24, 2.45) is 0 Å². The number of thioether (sulfide) groups is 1. The van der Waals surface area contributed by atoms with Crippen LogP contribution in [0.1, 0.15) is 15.9 Å². The molecule has 1 amide bonds. The molecule has 0 heterocycles. The third kappa shape index (κ3) is 7.46. The Bertz CT molecular complexity index is 960. The van der Waals surface area contributed by atoms with Gasteiger partial charge in [0.15, 0.2) is 0 Å². The number of carbonyl (C=O) groups is 1. The van der Waals surface area contributed by atoms with Crippen LogP contribution in [0.3, 0.4) is 0 Å². The molecule has 0 aliphatic rings. The Kier molecular flexibility index (Phi) is 9.00. The van der Waals surface area contributed by atoms with E-state index in [1.807, 2.05) is 80.5 Å². The Morgan fingerprint density at radius 1 is 0.968 bits per heavy atom. The van der Waals surface area contributed by atoms with Gasteiger partial charge >= 0.3 is 0 Å². The van der Waals surface area contributed by atoms with Crippen LogP contribution in [-0.4, -0.2) is 50.4 Å². The molecule has 4 nitrogen and oxygen atoms in total. The van der Waals surface area contributed by atoms with Crippen molar-refractivity contribution in [3.05, 3.63) is 90.0 Å². The molecular weight excluding hydrogens is 404 g/mol. The molecule has 0 saturated heterocycles. The standard InChI is InChI=1S/C26H30N2O2S/c1-28(2)16-15-27-26(29)22-11-8-10-21(19-22)25-14-7-6-9-23(25)20-31-18-17-30-24-12-4-3-5-13-24/h3-14,19H,15-18,20H2,1-2H3,(H,27,29). The molecule has 3 aromatic carbocycles. The summed E-state index contributed by atoms with van der Waals surface area (Å²) in [5.41, 5.74) is 4.19. The monoisotopic (exact) mass is 434 g/mol. The number of benzene rings is 3. The highest BCUT2D eigenvalue weighted by molar-refractivity contribution is 7.98. The second kappa shape index (κ2) is 12.2. The maximum atomic E-state index is 12.5. The van der Waals surface area contributed by atoms with Gasteiger partial charge in [-0.15, -0.1) is 0 Å². The molecule has 162 valence electrons. The predicted octanol–water partition coefficient (Wildman–Crippen LogP) is 4.96. The van der Waals surface area contributed by atoms with Gasteiger partial charge in [-0.2, -0.15) is 11.8 Å².